The van der Waals surface area contributed by atoms with Crippen molar-refractivity contribution in [1.29, 1.82) is 0 Å². The van der Waals surface area contributed by atoms with E-state index in [0.717, 1.165) is 18.7 Å². The number of hydrogen-bond acceptors (Lipinski definition) is 2. The Labute approximate surface area is 128 Å². The Hall–Kier alpha value is -1.67. The molecule has 1 aromatic carbocycles. The molecule has 1 heterocycles. The van der Waals surface area contributed by atoms with Crippen molar-refractivity contribution in [3.8, 4) is 0 Å². The molecule has 2 nitrogen and oxygen atoms in total. The Morgan fingerprint density at radius 1 is 1.00 bits per heavy atom. The number of hydrogen-bond donors (Lipinski definition) is 1. The number of aryl methyl sites for hydroxylation is 4. The van der Waals surface area contributed by atoms with Gasteiger partial charge in [0.15, 0.2) is 0 Å². The van der Waals surface area contributed by atoms with E-state index < -0.39 is 0 Å². The van der Waals surface area contributed by atoms with E-state index in [1.54, 1.807) is 0 Å². The fraction of sp³-hybridized carbons (Fsp3) is 0.421. The van der Waals surface area contributed by atoms with Gasteiger partial charge in [-0.3, -0.25) is 4.98 Å². The molecule has 0 saturated carbocycles. The lowest BCUT2D eigenvalue weighted by Gasteiger charge is -2.21. The monoisotopic (exact) mass is 282 g/mol. The van der Waals surface area contributed by atoms with Crippen LogP contribution in [0.4, 0.5) is 0 Å². The predicted molar refractivity (Wildman–Crippen MR) is 89.7 cm³/mol. The Kier molecular flexibility index (Phi) is 5.13. The second-order valence-corrected chi connectivity index (χ2v) is 5.95. The van der Waals surface area contributed by atoms with E-state index >= 15 is 0 Å². The summed E-state index contributed by atoms with van der Waals surface area (Å²) in [7, 11) is 0. The van der Waals surface area contributed by atoms with Crippen LogP contribution in [0.15, 0.2) is 30.5 Å². The summed E-state index contributed by atoms with van der Waals surface area (Å²) < 4.78 is 0. The maximum atomic E-state index is 4.57. The average Bonchev–Trinajstić information content (AvgIpc) is 2.41. The molecule has 0 amide bonds. The number of likely N-dealkylation sites (N-methyl/N-ethyl adjacent to an activating group) is 1. The van der Waals surface area contributed by atoms with Gasteiger partial charge in [-0.1, -0.05) is 24.6 Å². The quantitative estimate of drug-likeness (QED) is 0.888. The smallest absolute Gasteiger partial charge is 0.0579 e. The number of aromatic nitrogens is 1. The van der Waals surface area contributed by atoms with Crippen LogP contribution in [0.1, 0.15) is 46.5 Å². The maximum absolute atomic E-state index is 4.57. The van der Waals surface area contributed by atoms with Gasteiger partial charge in [-0.05, 0) is 75.0 Å². The summed E-state index contributed by atoms with van der Waals surface area (Å²) in [5.74, 6) is 0. The van der Waals surface area contributed by atoms with Crippen molar-refractivity contribution < 1.29 is 0 Å². The van der Waals surface area contributed by atoms with Crippen LogP contribution in [0.3, 0.4) is 0 Å². The fourth-order valence-corrected chi connectivity index (χ4v) is 3.01. The van der Waals surface area contributed by atoms with Gasteiger partial charge in [0.25, 0.3) is 0 Å². The van der Waals surface area contributed by atoms with E-state index in [1.165, 1.54) is 27.8 Å². The summed E-state index contributed by atoms with van der Waals surface area (Å²) in [6.07, 6.45) is 2.89. The second-order valence-electron chi connectivity index (χ2n) is 5.95. The summed E-state index contributed by atoms with van der Waals surface area (Å²) in [5.41, 5.74) is 7.93. The minimum absolute atomic E-state index is 0.273. The first kappa shape index (κ1) is 15.7. The SMILES string of the molecule is CCNC(Cc1c(C)cc(C)cc1C)c1cc(C)ccn1. The third-order valence-electron chi connectivity index (χ3n) is 3.99. The molecule has 0 spiro atoms. The topological polar surface area (TPSA) is 24.9 Å². The number of benzene rings is 1. The van der Waals surface area contributed by atoms with Gasteiger partial charge >= 0.3 is 0 Å². The van der Waals surface area contributed by atoms with Crippen molar-refractivity contribution in [1.82, 2.24) is 10.3 Å². The number of rotatable bonds is 5. The zero-order valence-electron chi connectivity index (χ0n) is 13.8. The van der Waals surface area contributed by atoms with Gasteiger partial charge in [0, 0.05) is 6.20 Å². The van der Waals surface area contributed by atoms with Gasteiger partial charge in [-0.25, -0.2) is 0 Å². The van der Waals surface area contributed by atoms with E-state index in [0.29, 0.717) is 0 Å². The highest BCUT2D eigenvalue weighted by molar-refractivity contribution is 5.38. The van der Waals surface area contributed by atoms with Crippen molar-refractivity contribution in [3.05, 3.63) is 64.0 Å². The lowest BCUT2D eigenvalue weighted by Crippen LogP contribution is -2.24. The zero-order valence-corrected chi connectivity index (χ0v) is 13.8. The molecule has 112 valence electrons. The van der Waals surface area contributed by atoms with Crippen molar-refractivity contribution in [2.45, 2.75) is 47.1 Å². The van der Waals surface area contributed by atoms with E-state index in [2.05, 4.69) is 69.2 Å². The molecule has 2 rings (SSSR count). The maximum Gasteiger partial charge on any atom is 0.0579 e. The van der Waals surface area contributed by atoms with Crippen LogP contribution in [-0.4, -0.2) is 11.5 Å². The van der Waals surface area contributed by atoms with Crippen molar-refractivity contribution in [2.24, 2.45) is 0 Å². The normalized spacial score (nSPS) is 12.4. The van der Waals surface area contributed by atoms with Crippen molar-refractivity contribution in [3.63, 3.8) is 0 Å². The van der Waals surface area contributed by atoms with Crippen LogP contribution in [0, 0.1) is 27.7 Å². The Morgan fingerprint density at radius 3 is 2.24 bits per heavy atom. The molecule has 1 unspecified atom stereocenters. The zero-order chi connectivity index (χ0) is 15.4. The fourth-order valence-electron chi connectivity index (χ4n) is 3.01. The highest BCUT2D eigenvalue weighted by Gasteiger charge is 2.15. The molecule has 0 saturated heterocycles. The molecular formula is C19H26N2. The van der Waals surface area contributed by atoms with Crippen molar-refractivity contribution >= 4 is 0 Å². The van der Waals surface area contributed by atoms with Gasteiger partial charge in [0.1, 0.15) is 0 Å². The summed E-state index contributed by atoms with van der Waals surface area (Å²) >= 11 is 0. The molecule has 0 aliphatic rings. The van der Waals surface area contributed by atoms with E-state index in [-0.39, 0.29) is 6.04 Å². The van der Waals surface area contributed by atoms with Crippen LogP contribution in [-0.2, 0) is 6.42 Å². The lowest BCUT2D eigenvalue weighted by molar-refractivity contribution is 0.534. The Morgan fingerprint density at radius 2 is 1.67 bits per heavy atom. The van der Waals surface area contributed by atoms with E-state index in [1.807, 2.05) is 6.20 Å². The molecule has 1 atom stereocenters. The van der Waals surface area contributed by atoms with E-state index in [9.17, 15) is 0 Å². The van der Waals surface area contributed by atoms with Gasteiger partial charge in [-0.15, -0.1) is 0 Å². The van der Waals surface area contributed by atoms with Crippen molar-refractivity contribution in [2.75, 3.05) is 6.54 Å². The van der Waals surface area contributed by atoms with Crippen LogP contribution >= 0.6 is 0 Å². The lowest BCUT2D eigenvalue weighted by atomic mass is 9.93. The molecule has 0 radical (unpaired) electrons. The first-order valence-electron chi connectivity index (χ1n) is 7.74. The average molecular weight is 282 g/mol. The van der Waals surface area contributed by atoms with E-state index in [4.69, 9.17) is 0 Å². The summed E-state index contributed by atoms with van der Waals surface area (Å²) in [6.45, 7) is 11.8. The van der Waals surface area contributed by atoms with Gasteiger partial charge in [0.2, 0.25) is 0 Å². The molecule has 1 aromatic heterocycles. The van der Waals surface area contributed by atoms with Gasteiger partial charge in [0.05, 0.1) is 11.7 Å². The second kappa shape index (κ2) is 6.86. The molecule has 0 bridgehead atoms. The third-order valence-corrected chi connectivity index (χ3v) is 3.99. The Balaban J connectivity index is 2.33. The van der Waals surface area contributed by atoms with Crippen LogP contribution in [0.2, 0.25) is 0 Å². The Bertz CT molecular complexity index is 594. The summed E-state index contributed by atoms with van der Waals surface area (Å²) in [4.78, 5) is 4.57. The minimum atomic E-state index is 0.273. The highest BCUT2D eigenvalue weighted by Crippen LogP contribution is 2.23. The third kappa shape index (κ3) is 3.92. The summed E-state index contributed by atoms with van der Waals surface area (Å²) in [6, 6.07) is 9.06. The van der Waals surface area contributed by atoms with Crippen LogP contribution < -0.4 is 5.32 Å². The molecule has 0 aliphatic carbocycles. The molecule has 0 fully saturated rings. The standard InChI is InChI=1S/C19H26N2/c1-6-20-19(18-11-13(2)7-8-21-18)12-17-15(4)9-14(3)10-16(17)5/h7-11,19-20H,6,12H2,1-5H3. The van der Waals surface area contributed by atoms with Gasteiger partial charge in [-0.2, -0.15) is 0 Å². The number of pyridine rings is 1. The first-order chi connectivity index (χ1) is 10.0. The molecule has 2 aromatic rings. The highest BCUT2D eigenvalue weighted by atomic mass is 14.9. The molecule has 2 heteroatoms. The first-order valence-corrected chi connectivity index (χ1v) is 7.74. The van der Waals surface area contributed by atoms with Crippen LogP contribution in [0.25, 0.3) is 0 Å². The molecular weight excluding hydrogens is 256 g/mol. The van der Waals surface area contributed by atoms with Gasteiger partial charge < -0.3 is 5.32 Å². The number of nitrogens with one attached hydrogen (secondary N) is 1. The molecule has 1 N–H and O–H groups in total. The molecule has 0 aliphatic heterocycles. The summed E-state index contributed by atoms with van der Waals surface area (Å²) in [5, 5.41) is 3.58. The minimum Gasteiger partial charge on any atom is -0.309 e. The predicted octanol–water partition coefficient (Wildman–Crippen LogP) is 4.21. The largest absolute Gasteiger partial charge is 0.309 e. The number of nitrogens with zero attached hydrogens (tertiary/aromatic N) is 1. The molecule has 21 heavy (non-hydrogen) atoms. The van der Waals surface area contributed by atoms with Crippen LogP contribution in [0.5, 0.6) is 0 Å².